The van der Waals surface area contributed by atoms with Crippen LogP contribution in [0.3, 0.4) is 0 Å². The smallest absolute Gasteiger partial charge is 0.223 e. The maximum Gasteiger partial charge on any atom is 0.223 e. The fourth-order valence-corrected chi connectivity index (χ4v) is 1.11. The number of hydrogen-bond donors (Lipinski definition) is 0. The molecular formula is C10H17ClN2O. The van der Waals surface area contributed by atoms with E-state index in [1.807, 2.05) is 0 Å². The van der Waals surface area contributed by atoms with E-state index < -0.39 is 5.54 Å². The molecule has 0 aromatic heterocycles. The van der Waals surface area contributed by atoms with Gasteiger partial charge in [0.25, 0.3) is 0 Å². The Labute approximate surface area is 90.6 Å². The third kappa shape index (κ3) is 3.97. The minimum Gasteiger partial charge on any atom is -0.328 e. The Morgan fingerprint density at radius 3 is 2.50 bits per heavy atom. The molecule has 14 heavy (non-hydrogen) atoms. The van der Waals surface area contributed by atoms with Crippen LogP contribution in [0.1, 0.15) is 33.1 Å². The Balaban J connectivity index is 4.07. The highest BCUT2D eigenvalue weighted by Gasteiger charge is 2.26. The summed E-state index contributed by atoms with van der Waals surface area (Å²) in [5, 5.41) is 8.82. The van der Waals surface area contributed by atoms with Gasteiger partial charge in [0, 0.05) is 19.3 Å². The summed E-state index contributed by atoms with van der Waals surface area (Å²) in [5.41, 5.74) is -0.724. The van der Waals surface area contributed by atoms with Gasteiger partial charge in [0.2, 0.25) is 5.91 Å². The van der Waals surface area contributed by atoms with Crippen molar-refractivity contribution in [1.82, 2.24) is 4.90 Å². The average molecular weight is 217 g/mol. The van der Waals surface area contributed by atoms with Gasteiger partial charge in [-0.3, -0.25) is 4.79 Å². The SMILES string of the molecule is CN(C(=O)CCCCCl)C(C)(C)C#N. The van der Waals surface area contributed by atoms with E-state index in [4.69, 9.17) is 16.9 Å². The van der Waals surface area contributed by atoms with Crippen LogP contribution in [-0.4, -0.2) is 29.3 Å². The van der Waals surface area contributed by atoms with Gasteiger partial charge in [0.15, 0.2) is 0 Å². The van der Waals surface area contributed by atoms with E-state index in [1.165, 1.54) is 4.90 Å². The highest BCUT2D eigenvalue weighted by atomic mass is 35.5. The Morgan fingerprint density at radius 2 is 2.07 bits per heavy atom. The van der Waals surface area contributed by atoms with Crippen molar-refractivity contribution < 1.29 is 4.79 Å². The van der Waals surface area contributed by atoms with Crippen LogP contribution < -0.4 is 0 Å². The summed E-state index contributed by atoms with van der Waals surface area (Å²) >= 11 is 5.50. The fraction of sp³-hybridized carbons (Fsp3) is 0.800. The molecule has 1 amide bonds. The number of amides is 1. The number of unbranched alkanes of at least 4 members (excludes halogenated alkanes) is 1. The second-order valence-electron chi connectivity index (χ2n) is 3.77. The molecule has 0 rings (SSSR count). The molecular weight excluding hydrogens is 200 g/mol. The molecule has 4 heteroatoms. The second kappa shape index (κ2) is 5.87. The van der Waals surface area contributed by atoms with Gasteiger partial charge in [-0.25, -0.2) is 0 Å². The largest absolute Gasteiger partial charge is 0.328 e. The van der Waals surface area contributed by atoms with Crippen LogP contribution in [0.25, 0.3) is 0 Å². The lowest BCUT2D eigenvalue weighted by Crippen LogP contribution is -2.43. The van der Waals surface area contributed by atoms with Gasteiger partial charge in [0.05, 0.1) is 6.07 Å². The molecule has 0 N–H and O–H groups in total. The van der Waals surface area contributed by atoms with E-state index in [9.17, 15) is 4.79 Å². The van der Waals surface area contributed by atoms with Gasteiger partial charge in [-0.05, 0) is 26.7 Å². The van der Waals surface area contributed by atoms with E-state index >= 15 is 0 Å². The van der Waals surface area contributed by atoms with Crippen LogP contribution in [0.4, 0.5) is 0 Å². The van der Waals surface area contributed by atoms with Gasteiger partial charge < -0.3 is 4.90 Å². The van der Waals surface area contributed by atoms with Crippen molar-refractivity contribution in [2.75, 3.05) is 12.9 Å². The summed E-state index contributed by atoms with van der Waals surface area (Å²) in [6.45, 7) is 3.46. The zero-order valence-electron chi connectivity index (χ0n) is 9.01. The standard InChI is InChI=1S/C10H17ClN2O/c1-10(2,8-12)13(3)9(14)6-4-5-7-11/h4-7H2,1-3H3. The molecule has 0 aromatic carbocycles. The van der Waals surface area contributed by atoms with E-state index in [0.29, 0.717) is 12.3 Å². The zero-order chi connectivity index (χ0) is 11.2. The van der Waals surface area contributed by atoms with Crippen molar-refractivity contribution in [3.05, 3.63) is 0 Å². The maximum atomic E-state index is 11.6. The minimum atomic E-state index is -0.724. The Morgan fingerprint density at radius 1 is 1.50 bits per heavy atom. The van der Waals surface area contributed by atoms with E-state index in [1.54, 1.807) is 20.9 Å². The maximum absolute atomic E-state index is 11.6. The first-order valence-electron chi connectivity index (χ1n) is 4.69. The van der Waals surface area contributed by atoms with Crippen molar-refractivity contribution in [1.29, 1.82) is 5.26 Å². The predicted molar refractivity (Wildman–Crippen MR) is 57.0 cm³/mol. The third-order valence-corrected chi connectivity index (χ3v) is 2.53. The second-order valence-corrected chi connectivity index (χ2v) is 4.15. The van der Waals surface area contributed by atoms with Gasteiger partial charge in [-0.15, -0.1) is 11.6 Å². The number of nitrogens with zero attached hydrogens (tertiary/aromatic N) is 2. The molecule has 80 valence electrons. The van der Waals surface area contributed by atoms with Crippen LogP contribution in [0.15, 0.2) is 0 Å². The molecule has 0 aliphatic carbocycles. The van der Waals surface area contributed by atoms with Gasteiger partial charge in [-0.2, -0.15) is 5.26 Å². The molecule has 0 atom stereocenters. The molecule has 0 unspecified atom stereocenters. The number of rotatable bonds is 5. The Hall–Kier alpha value is -0.750. The van der Waals surface area contributed by atoms with Crippen LogP contribution in [0.2, 0.25) is 0 Å². The Bertz CT molecular complexity index is 233. The molecule has 3 nitrogen and oxygen atoms in total. The highest BCUT2D eigenvalue weighted by Crippen LogP contribution is 2.13. The molecule has 0 bridgehead atoms. The number of alkyl halides is 1. The van der Waals surface area contributed by atoms with Gasteiger partial charge in [0.1, 0.15) is 5.54 Å². The third-order valence-electron chi connectivity index (χ3n) is 2.26. The molecule has 0 heterocycles. The lowest BCUT2D eigenvalue weighted by atomic mass is 10.1. The molecule has 0 aromatic rings. The summed E-state index contributed by atoms with van der Waals surface area (Å²) in [6, 6.07) is 2.09. The highest BCUT2D eigenvalue weighted by molar-refractivity contribution is 6.17. The van der Waals surface area contributed by atoms with Gasteiger partial charge in [-0.1, -0.05) is 0 Å². The number of nitriles is 1. The predicted octanol–water partition coefficient (Wildman–Crippen LogP) is 2.16. The first-order chi connectivity index (χ1) is 6.45. The summed E-state index contributed by atoms with van der Waals surface area (Å²) in [6.07, 6.45) is 2.09. The van der Waals surface area contributed by atoms with Crippen LogP contribution in [0.5, 0.6) is 0 Å². The van der Waals surface area contributed by atoms with E-state index in [2.05, 4.69) is 6.07 Å². The first-order valence-corrected chi connectivity index (χ1v) is 5.23. The lowest BCUT2D eigenvalue weighted by Gasteiger charge is -2.29. The van der Waals surface area contributed by atoms with E-state index in [-0.39, 0.29) is 5.91 Å². The summed E-state index contributed by atoms with van der Waals surface area (Å²) in [4.78, 5) is 13.0. The van der Waals surface area contributed by atoms with Crippen LogP contribution in [0, 0.1) is 11.3 Å². The number of halogens is 1. The van der Waals surface area contributed by atoms with Crippen LogP contribution >= 0.6 is 11.6 Å². The average Bonchev–Trinajstić information content (AvgIpc) is 2.17. The first kappa shape index (κ1) is 13.2. The number of carbonyl (C=O) groups is 1. The van der Waals surface area contributed by atoms with Crippen molar-refractivity contribution in [2.45, 2.75) is 38.6 Å². The quantitative estimate of drug-likeness (QED) is 0.522. The molecule has 0 aliphatic rings. The van der Waals surface area contributed by atoms with Crippen molar-refractivity contribution in [2.24, 2.45) is 0 Å². The normalized spacial score (nSPS) is 10.8. The van der Waals surface area contributed by atoms with Crippen molar-refractivity contribution in [3.8, 4) is 6.07 Å². The lowest BCUT2D eigenvalue weighted by molar-refractivity contribution is -0.133. The fourth-order valence-electron chi connectivity index (χ4n) is 0.925. The molecule has 0 saturated heterocycles. The molecule has 0 radical (unpaired) electrons. The zero-order valence-corrected chi connectivity index (χ0v) is 9.76. The molecule has 0 aliphatic heterocycles. The van der Waals surface area contributed by atoms with Crippen LogP contribution in [-0.2, 0) is 4.79 Å². The molecule has 0 spiro atoms. The summed E-state index contributed by atoms with van der Waals surface area (Å²) < 4.78 is 0. The van der Waals surface area contributed by atoms with Crippen molar-refractivity contribution in [3.63, 3.8) is 0 Å². The Kier molecular flexibility index (Phi) is 5.56. The van der Waals surface area contributed by atoms with E-state index in [0.717, 1.165) is 12.8 Å². The number of carbonyl (C=O) groups excluding carboxylic acids is 1. The van der Waals surface area contributed by atoms with Crippen molar-refractivity contribution >= 4 is 17.5 Å². The molecule has 0 fully saturated rings. The summed E-state index contributed by atoms with van der Waals surface area (Å²) in [5.74, 6) is 0.584. The topological polar surface area (TPSA) is 44.1 Å². The molecule has 0 saturated carbocycles. The van der Waals surface area contributed by atoms with Gasteiger partial charge >= 0.3 is 0 Å². The minimum absolute atomic E-state index is 0.00154. The monoisotopic (exact) mass is 216 g/mol. The number of hydrogen-bond acceptors (Lipinski definition) is 2. The summed E-state index contributed by atoms with van der Waals surface area (Å²) in [7, 11) is 1.66.